The minimum Gasteiger partial charge on any atom is -0.426 e. The minimum absolute atomic E-state index is 0.264. The van der Waals surface area contributed by atoms with E-state index in [1.165, 1.54) is 6.07 Å². The average Bonchev–Trinajstić information content (AvgIpc) is 2.62. The number of rotatable bonds is 0. The maximum absolute atomic E-state index is 12.8. The van der Waals surface area contributed by atoms with Crippen LogP contribution in [-0.4, -0.2) is 19.1 Å². The van der Waals surface area contributed by atoms with E-state index in [2.05, 4.69) is 5.32 Å². The summed E-state index contributed by atoms with van der Waals surface area (Å²) in [6, 6.07) is 3.25. The Hall–Kier alpha value is -1.56. The van der Waals surface area contributed by atoms with E-state index in [0.29, 0.717) is 31.5 Å². The first-order valence-electron chi connectivity index (χ1n) is 6.08. The summed E-state index contributed by atoms with van der Waals surface area (Å²) in [5, 5.41) is 3.10. The number of alkyl halides is 3. The number of halogens is 3. The van der Waals surface area contributed by atoms with Gasteiger partial charge in [-0.05, 0) is 44.1 Å². The molecule has 0 saturated carbocycles. The topological polar surface area (TPSA) is 38.3 Å². The van der Waals surface area contributed by atoms with E-state index >= 15 is 0 Å². The van der Waals surface area contributed by atoms with E-state index in [0.717, 1.165) is 12.1 Å². The summed E-state index contributed by atoms with van der Waals surface area (Å²) in [6.07, 6.45) is -3.46. The van der Waals surface area contributed by atoms with Crippen LogP contribution < -0.4 is 10.1 Å². The second-order valence-electron chi connectivity index (χ2n) is 4.93. The number of ether oxygens (including phenoxy) is 1. The van der Waals surface area contributed by atoms with Gasteiger partial charge in [-0.15, -0.1) is 0 Å². The number of carbonyl (C=O) groups is 1. The molecule has 102 valence electrons. The van der Waals surface area contributed by atoms with Crippen LogP contribution in [0.3, 0.4) is 0 Å². The van der Waals surface area contributed by atoms with Crippen molar-refractivity contribution in [2.45, 2.75) is 24.4 Å². The van der Waals surface area contributed by atoms with Gasteiger partial charge in [0.15, 0.2) is 0 Å². The molecule has 1 saturated heterocycles. The first kappa shape index (κ1) is 12.5. The Bertz CT molecular complexity index is 533. The maximum atomic E-state index is 12.8. The van der Waals surface area contributed by atoms with Gasteiger partial charge in [-0.25, -0.2) is 0 Å². The quantitative estimate of drug-likeness (QED) is 0.581. The third kappa shape index (κ3) is 1.82. The molecule has 3 nitrogen and oxygen atoms in total. The zero-order chi connectivity index (χ0) is 13.7. The largest absolute Gasteiger partial charge is 0.426 e. The van der Waals surface area contributed by atoms with E-state index in [4.69, 9.17) is 4.74 Å². The average molecular weight is 271 g/mol. The molecule has 0 bridgehead atoms. The van der Waals surface area contributed by atoms with Crippen molar-refractivity contribution < 1.29 is 22.7 Å². The Balaban J connectivity index is 2.11. The zero-order valence-electron chi connectivity index (χ0n) is 10.0. The van der Waals surface area contributed by atoms with E-state index in [1.807, 2.05) is 0 Å². The molecular formula is C13H12F3NO2. The minimum atomic E-state index is -4.41. The third-order valence-electron chi connectivity index (χ3n) is 3.87. The fourth-order valence-electron chi connectivity index (χ4n) is 2.80. The highest BCUT2D eigenvalue weighted by Crippen LogP contribution is 2.47. The van der Waals surface area contributed by atoms with Crippen molar-refractivity contribution in [2.24, 2.45) is 0 Å². The maximum Gasteiger partial charge on any atom is 0.416 e. The Kier molecular flexibility index (Phi) is 2.60. The van der Waals surface area contributed by atoms with Crippen molar-refractivity contribution >= 4 is 5.97 Å². The lowest BCUT2D eigenvalue weighted by molar-refractivity contribution is -0.140. The Morgan fingerprint density at radius 1 is 1.21 bits per heavy atom. The molecule has 0 amide bonds. The number of esters is 1. The van der Waals surface area contributed by atoms with Gasteiger partial charge in [-0.2, -0.15) is 13.2 Å². The van der Waals surface area contributed by atoms with Crippen molar-refractivity contribution in [1.82, 2.24) is 5.32 Å². The smallest absolute Gasteiger partial charge is 0.416 e. The van der Waals surface area contributed by atoms with Gasteiger partial charge in [-0.1, -0.05) is 0 Å². The van der Waals surface area contributed by atoms with Gasteiger partial charge >= 0.3 is 12.1 Å². The van der Waals surface area contributed by atoms with E-state index < -0.39 is 23.1 Å². The van der Waals surface area contributed by atoms with Crippen molar-refractivity contribution in [3.63, 3.8) is 0 Å². The highest BCUT2D eigenvalue weighted by atomic mass is 19.4. The molecule has 1 aromatic rings. The molecule has 6 heteroatoms. The Morgan fingerprint density at radius 3 is 2.53 bits per heavy atom. The molecule has 2 aliphatic heterocycles. The molecule has 2 heterocycles. The normalized spacial score (nSPS) is 21.3. The van der Waals surface area contributed by atoms with Crippen LogP contribution in [0.25, 0.3) is 0 Å². The predicted octanol–water partition coefficient (Wildman–Crippen LogP) is 2.25. The van der Waals surface area contributed by atoms with E-state index in [1.54, 1.807) is 0 Å². The summed E-state index contributed by atoms with van der Waals surface area (Å²) >= 11 is 0. The standard InChI is InChI=1S/C13H12F3NO2/c14-13(15,16)8-1-2-10-9(7-8)12(11(18)19-10)3-5-17-6-4-12/h1-2,7,17H,3-6H2. The molecule has 1 N–H and O–H groups in total. The SMILES string of the molecule is O=C1Oc2ccc(C(F)(F)F)cc2C12CCNCC2. The van der Waals surface area contributed by atoms with Gasteiger partial charge in [0, 0.05) is 5.56 Å². The van der Waals surface area contributed by atoms with Crippen LogP contribution in [-0.2, 0) is 16.4 Å². The van der Waals surface area contributed by atoms with Gasteiger partial charge in [-0.3, -0.25) is 4.79 Å². The molecule has 2 aliphatic rings. The molecule has 0 atom stereocenters. The number of hydrogen-bond donors (Lipinski definition) is 1. The molecule has 3 rings (SSSR count). The predicted molar refractivity (Wildman–Crippen MR) is 60.9 cm³/mol. The monoisotopic (exact) mass is 271 g/mol. The molecule has 0 aromatic heterocycles. The van der Waals surface area contributed by atoms with Gasteiger partial charge < -0.3 is 10.1 Å². The van der Waals surface area contributed by atoms with Crippen LogP contribution in [0.2, 0.25) is 0 Å². The van der Waals surface area contributed by atoms with Crippen LogP contribution in [0.5, 0.6) is 5.75 Å². The van der Waals surface area contributed by atoms with Gasteiger partial charge in [0.2, 0.25) is 0 Å². The molecule has 0 aliphatic carbocycles. The molecule has 1 fully saturated rings. The number of piperidine rings is 1. The van der Waals surface area contributed by atoms with Gasteiger partial charge in [0.25, 0.3) is 0 Å². The van der Waals surface area contributed by atoms with Crippen LogP contribution in [0.15, 0.2) is 18.2 Å². The van der Waals surface area contributed by atoms with Crippen molar-refractivity contribution in [2.75, 3.05) is 13.1 Å². The van der Waals surface area contributed by atoms with Gasteiger partial charge in [0.05, 0.1) is 11.0 Å². The first-order valence-corrected chi connectivity index (χ1v) is 6.08. The zero-order valence-corrected chi connectivity index (χ0v) is 10.0. The van der Waals surface area contributed by atoms with Crippen LogP contribution in [0.4, 0.5) is 13.2 Å². The summed E-state index contributed by atoms with van der Waals surface area (Å²) < 4.78 is 43.4. The number of hydrogen-bond acceptors (Lipinski definition) is 3. The van der Waals surface area contributed by atoms with Crippen molar-refractivity contribution in [3.05, 3.63) is 29.3 Å². The lowest BCUT2D eigenvalue weighted by Gasteiger charge is -2.30. The number of carbonyl (C=O) groups excluding carboxylic acids is 1. The molecule has 1 aromatic carbocycles. The second-order valence-corrected chi connectivity index (χ2v) is 4.93. The highest BCUT2D eigenvalue weighted by Gasteiger charge is 2.50. The van der Waals surface area contributed by atoms with Crippen LogP contribution in [0, 0.1) is 0 Å². The Labute approximate surface area is 107 Å². The van der Waals surface area contributed by atoms with Crippen molar-refractivity contribution in [3.8, 4) is 5.75 Å². The lowest BCUT2D eigenvalue weighted by atomic mass is 9.74. The molecule has 1 spiro atoms. The molecule has 0 radical (unpaired) electrons. The third-order valence-corrected chi connectivity index (χ3v) is 3.87. The number of fused-ring (bicyclic) bond motifs is 2. The summed E-state index contributed by atoms with van der Waals surface area (Å²) in [7, 11) is 0. The summed E-state index contributed by atoms with van der Waals surface area (Å²) in [5.41, 5.74) is -1.25. The van der Waals surface area contributed by atoms with E-state index in [-0.39, 0.29) is 5.75 Å². The second kappa shape index (κ2) is 3.96. The number of benzene rings is 1. The first-order chi connectivity index (χ1) is 8.93. The molecule has 19 heavy (non-hydrogen) atoms. The summed E-state index contributed by atoms with van der Waals surface area (Å²) in [6.45, 7) is 1.20. The van der Waals surface area contributed by atoms with E-state index in [9.17, 15) is 18.0 Å². The molecule has 0 unspecified atom stereocenters. The summed E-state index contributed by atoms with van der Waals surface area (Å²) in [4.78, 5) is 12.0. The number of nitrogens with one attached hydrogen (secondary N) is 1. The van der Waals surface area contributed by atoms with Crippen LogP contribution >= 0.6 is 0 Å². The highest BCUT2D eigenvalue weighted by molar-refractivity contribution is 5.91. The molecular weight excluding hydrogens is 259 g/mol. The lowest BCUT2D eigenvalue weighted by Crippen LogP contribution is -2.44. The van der Waals surface area contributed by atoms with Crippen molar-refractivity contribution in [1.29, 1.82) is 0 Å². The van der Waals surface area contributed by atoms with Gasteiger partial charge in [0.1, 0.15) is 5.75 Å². The van der Waals surface area contributed by atoms with Crippen LogP contribution in [0.1, 0.15) is 24.0 Å². The fourth-order valence-corrected chi connectivity index (χ4v) is 2.80. The Morgan fingerprint density at radius 2 is 1.89 bits per heavy atom. The summed E-state index contributed by atoms with van der Waals surface area (Å²) in [5.74, 6) is -0.164. The fraction of sp³-hybridized carbons (Fsp3) is 0.462.